The van der Waals surface area contributed by atoms with Crippen molar-refractivity contribution in [3.05, 3.63) is 47.2 Å². The summed E-state index contributed by atoms with van der Waals surface area (Å²) >= 11 is 0. The van der Waals surface area contributed by atoms with Crippen molar-refractivity contribution in [2.24, 2.45) is 5.73 Å². The molecule has 1 atom stereocenters. The second-order valence-electron chi connectivity index (χ2n) is 5.15. The Labute approximate surface area is 113 Å². The molecule has 2 heterocycles. The van der Waals surface area contributed by atoms with Crippen molar-refractivity contribution < 1.29 is 4.74 Å². The second kappa shape index (κ2) is 4.67. The first-order valence-corrected chi connectivity index (χ1v) is 6.61. The molecule has 1 aliphatic rings. The average Bonchev–Trinajstić information content (AvgIpc) is 2.81. The second-order valence-corrected chi connectivity index (χ2v) is 5.15. The van der Waals surface area contributed by atoms with E-state index in [1.807, 2.05) is 12.3 Å². The van der Waals surface area contributed by atoms with Gasteiger partial charge in [0.05, 0.1) is 5.69 Å². The molecule has 19 heavy (non-hydrogen) atoms. The zero-order valence-electron chi connectivity index (χ0n) is 11.3. The van der Waals surface area contributed by atoms with E-state index in [-0.39, 0.29) is 6.10 Å². The Morgan fingerprint density at radius 1 is 1.37 bits per heavy atom. The number of rotatable bonds is 2. The van der Waals surface area contributed by atoms with E-state index in [0.717, 1.165) is 29.0 Å². The van der Waals surface area contributed by atoms with E-state index in [1.54, 1.807) is 0 Å². The molecular weight excluding hydrogens is 236 g/mol. The Morgan fingerprint density at radius 2 is 2.21 bits per heavy atom. The molecule has 0 unspecified atom stereocenters. The molecule has 1 aromatic heterocycles. The molecule has 0 saturated carbocycles. The highest BCUT2D eigenvalue weighted by Crippen LogP contribution is 2.39. The molecule has 0 saturated heterocycles. The molecule has 2 N–H and O–H groups in total. The molecule has 2 aromatic rings. The number of nitrogens with two attached hydrogens (primary N) is 1. The standard InChI is InChI=1S/C16H18N2O/c1-10-6-12-8-13(9-17)19-16(12)14(7-10)15-11(2)4-3-5-18-15/h3-7,13H,8-9,17H2,1-2H3/t13-/m1/s1. The Kier molecular flexibility index (Phi) is 2.99. The molecular formula is C16H18N2O. The molecule has 1 aromatic carbocycles. The fourth-order valence-corrected chi connectivity index (χ4v) is 2.67. The number of ether oxygens (including phenoxy) is 1. The SMILES string of the molecule is Cc1cc2c(c(-c3ncccc3C)c1)O[C@@H](CN)C2. The minimum absolute atomic E-state index is 0.0968. The molecule has 0 bridgehead atoms. The van der Waals surface area contributed by atoms with Crippen molar-refractivity contribution in [2.75, 3.05) is 6.54 Å². The minimum atomic E-state index is 0.0968. The lowest BCUT2D eigenvalue weighted by atomic mass is 9.99. The normalized spacial score (nSPS) is 17.1. The Bertz CT molecular complexity index is 622. The van der Waals surface area contributed by atoms with Crippen LogP contribution in [-0.4, -0.2) is 17.6 Å². The van der Waals surface area contributed by atoms with Crippen molar-refractivity contribution >= 4 is 0 Å². The molecule has 98 valence electrons. The van der Waals surface area contributed by atoms with Crippen LogP contribution in [0.25, 0.3) is 11.3 Å². The molecule has 0 radical (unpaired) electrons. The first-order chi connectivity index (χ1) is 9.19. The fourth-order valence-electron chi connectivity index (χ4n) is 2.67. The van der Waals surface area contributed by atoms with Crippen LogP contribution in [0.3, 0.4) is 0 Å². The third kappa shape index (κ3) is 2.10. The highest BCUT2D eigenvalue weighted by atomic mass is 16.5. The summed E-state index contributed by atoms with van der Waals surface area (Å²) in [5, 5.41) is 0. The van der Waals surface area contributed by atoms with Crippen molar-refractivity contribution in [1.29, 1.82) is 0 Å². The van der Waals surface area contributed by atoms with E-state index in [2.05, 4.69) is 37.0 Å². The fraction of sp³-hybridized carbons (Fsp3) is 0.312. The maximum absolute atomic E-state index is 5.99. The smallest absolute Gasteiger partial charge is 0.132 e. The van der Waals surface area contributed by atoms with Gasteiger partial charge in [-0.05, 0) is 42.7 Å². The summed E-state index contributed by atoms with van der Waals surface area (Å²) in [5.74, 6) is 0.961. The van der Waals surface area contributed by atoms with Gasteiger partial charge in [0.25, 0.3) is 0 Å². The van der Waals surface area contributed by atoms with E-state index in [0.29, 0.717) is 6.54 Å². The number of fused-ring (bicyclic) bond motifs is 1. The third-order valence-electron chi connectivity index (χ3n) is 3.57. The van der Waals surface area contributed by atoms with Crippen molar-refractivity contribution in [2.45, 2.75) is 26.4 Å². The van der Waals surface area contributed by atoms with Gasteiger partial charge in [0, 0.05) is 24.7 Å². The van der Waals surface area contributed by atoms with E-state index >= 15 is 0 Å². The van der Waals surface area contributed by atoms with Gasteiger partial charge < -0.3 is 10.5 Å². The Balaban J connectivity index is 2.16. The van der Waals surface area contributed by atoms with Gasteiger partial charge in [0.2, 0.25) is 0 Å². The van der Waals surface area contributed by atoms with Crippen LogP contribution in [0.5, 0.6) is 5.75 Å². The quantitative estimate of drug-likeness (QED) is 0.896. The largest absolute Gasteiger partial charge is 0.488 e. The highest BCUT2D eigenvalue weighted by Gasteiger charge is 2.26. The summed E-state index contributed by atoms with van der Waals surface area (Å²) in [6.07, 6.45) is 2.82. The van der Waals surface area contributed by atoms with Crippen LogP contribution in [0.2, 0.25) is 0 Å². The molecule has 0 fully saturated rings. The molecule has 1 aliphatic heterocycles. The lowest BCUT2D eigenvalue weighted by Crippen LogP contribution is -2.24. The van der Waals surface area contributed by atoms with E-state index in [4.69, 9.17) is 10.5 Å². The number of nitrogens with zero attached hydrogens (tertiary/aromatic N) is 1. The van der Waals surface area contributed by atoms with E-state index < -0.39 is 0 Å². The predicted octanol–water partition coefficient (Wildman–Crippen LogP) is 2.63. The summed E-state index contributed by atoms with van der Waals surface area (Å²) < 4.78 is 5.99. The summed E-state index contributed by atoms with van der Waals surface area (Å²) in [5.41, 5.74) is 11.5. The van der Waals surface area contributed by atoms with Gasteiger partial charge >= 0.3 is 0 Å². The van der Waals surface area contributed by atoms with Gasteiger partial charge in [0.15, 0.2) is 0 Å². The third-order valence-corrected chi connectivity index (χ3v) is 3.57. The van der Waals surface area contributed by atoms with Crippen molar-refractivity contribution in [3.8, 4) is 17.0 Å². The van der Waals surface area contributed by atoms with Gasteiger partial charge in [-0.1, -0.05) is 12.1 Å². The minimum Gasteiger partial charge on any atom is -0.488 e. The van der Waals surface area contributed by atoms with Crippen LogP contribution in [0.4, 0.5) is 0 Å². The van der Waals surface area contributed by atoms with Crippen LogP contribution < -0.4 is 10.5 Å². The lowest BCUT2D eigenvalue weighted by Gasteiger charge is -2.12. The van der Waals surface area contributed by atoms with Crippen LogP contribution in [-0.2, 0) is 6.42 Å². The molecule has 3 heteroatoms. The van der Waals surface area contributed by atoms with Gasteiger partial charge in [0.1, 0.15) is 11.9 Å². The summed E-state index contributed by atoms with van der Waals surface area (Å²) in [6.45, 7) is 4.73. The van der Waals surface area contributed by atoms with Gasteiger partial charge in [-0.15, -0.1) is 0 Å². The van der Waals surface area contributed by atoms with Gasteiger partial charge in [-0.3, -0.25) is 4.98 Å². The number of hydrogen-bond acceptors (Lipinski definition) is 3. The van der Waals surface area contributed by atoms with Crippen molar-refractivity contribution in [3.63, 3.8) is 0 Å². The Hall–Kier alpha value is -1.87. The van der Waals surface area contributed by atoms with Gasteiger partial charge in [-0.25, -0.2) is 0 Å². The summed E-state index contributed by atoms with van der Waals surface area (Å²) in [4.78, 5) is 4.51. The maximum Gasteiger partial charge on any atom is 0.132 e. The molecule has 3 nitrogen and oxygen atoms in total. The zero-order valence-corrected chi connectivity index (χ0v) is 11.3. The molecule has 0 spiro atoms. The summed E-state index contributed by atoms with van der Waals surface area (Å²) in [7, 11) is 0. The lowest BCUT2D eigenvalue weighted by molar-refractivity contribution is 0.242. The first kappa shape index (κ1) is 12.2. The number of benzene rings is 1. The topological polar surface area (TPSA) is 48.1 Å². The van der Waals surface area contributed by atoms with Crippen LogP contribution in [0.1, 0.15) is 16.7 Å². The van der Waals surface area contributed by atoms with Crippen molar-refractivity contribution in [1.82, 2.24) is 4.98 Å². The maximum atomic E-state index is 5.99. The zero-order chi connectivity index (χ0) is 13.4. The highest BCUT2D eigenvalue weighted by molar-refractivity contribution is 5.73. The number of aryl methyl sites for hydroxylation is 2. The molecule has 3 rings (SSSR count). The monoisotopic (exact) mass is 254 g/mol. The first-order valence-electron chi connectivity index (χ1n) is 6.61. The average molecular weight is 254 g/mol. The van der Waals surface area contributed by atoms with Crippen LogP contribution in [0.15, 0.2) is 30.5 Å². The summed E-state index contributed by atoms with van der Waals surface area (Å²) in [6, 6.07) is 8.37. The number of hydrogen-bond donors (Lipinski definition) is 1. The van der Waals surface area contributed by atoms with Crippen LogP contribution >= 0.6 is 0 Å². The predicted molar refractivity (Wildman–Crippen MR) is 76.3 cm³/mol. The number of aromatic nitrogens is 1. The van der Waals surface area contributed by atoms with Crippen LogP contribution in [0, 0.1) is 13.8 Å². The molecule has 0 aliphatic carbocycles. The Morgan fingerprint density at radius 3 is 2.95 bits per heavy atom. The number of pyridine rings is 1. The van der Waals surface area contributed by atoms with Gasteiger partial charge in [-0.2, -0.15) is 0 Å². The van der Waals surface area contributed by atoms with E-state index in [9.17, 15) is 0 Å². The molecule has 0 amide bonds. The van der Waals surface area contributed by atoms with E-state index in [1.165, 1.54) is 11.1 Å².